The number of hydrogen-bond acceptors (Lipinski definition) is 4. The Hall–Kier alpha value is 0.840. The number of aliphatic imine (C=N–C) groups is 2. The molecule has 1 unspecified atom stereocenters. The predicted octanol–water partition coefficient (Wildman–Crippen LogP) is 3.07. The summed E-state index contributed by atoms with van der Waals surface area (Å²) >= 11 is 33.8. The highest BCUT2D eigenvalue weighted by Gasteiger charge is 2.70. The highest BCUT2D eigenvalue weighted by atomic mass is 35.6. The van der Waals surface area contributed by atoms with E-state index in [1.807, 2.05) is 0 Å². The SMILES string of the molecule is ClC(Cl)(Cl)C1=NC2(C(Cl)(Cl)Cl)ON2C=N1. The molecular weight excluding hydrogens is 331 g/mol. The van der Waals surface area contributed by atoms with Crippen molar-refractivity contribution in [1.82, 2.24) is 5.06 Å². The van der Waals surface area contributed by atoms with Gasteiger partial charge in [0.25, 0.3) is 3.79 Å². The van der Waals surface area contributed by atoms with Crippen LogP contribution in [0.2, 0.25) is 0 Å². The molecule has 1 atom stereocenters. The number of nitrogens with zero attached hydrogens (tertiary/aromatic N) is 3. The largest absolute Gasteiger partial charge is 0.335 e. The van der Waals surface area contributed by atoms with Crippen molar-refractivity contribution in [2.45, 2.75) is 13.4 Å². The van der Waals surface area contributed by atoms with E-state index in [-0.39, 0.29) is 5.84 Å². The minimum absolute atomic E-state index is 0.104. The van der Waals surface area contributed by atoms with Crippen LogP contribution < -0.4 is 0 Å². The molecule has 0 spiro atoms. The monoisotopic (exact) mass is 329 g/mol. The second kappa shape index (κ2) is 3.42. The van der Waals surface area contributed by atoms with E-state index in [4.69, 9.17) is 74.4 Å². The summed E-state index contributed by atoms with van der Waals surface area (Å²) in [5.41, 5.74) is 0. The Labute approximate surface area is 115 Å². The van der Waals surface area contributed by atoms with Crippen LogP contribution in [0.4, 0.5) is 0 Å². The van der Waals surface area contributed by atoms with Crippen LogP contribution in [0.25, 0.3) is 0 Å². The quantitative estimate of drug-likeness (QED) is 0.505. The van der Waals surface area contributed by atoms with Crippen LogP contribution >= 0.6 is 69.6 Å². The molecule has 1 fully saturated rings. The first kappa shape index (κ1) is 12.3. The van der Waals surface area contributed by atoms with Crippen molar-refractivity contribution in [1.29, 1.82) is 0 Å². The average Bonchev–Trinajstić information content (AvgIpc) is 2.74. The van der Waals surface area contributed by atoms with Gasteiger partial charge < -0.3 is 0 Å². The van der Waals surface area contributed by atoms with Gasteiger partial charge in [-0.25, -0.2) is 14.8 Å². The Morgan fingerprint density at radius 1 is 1.20 bits per heavy atom. The van der Waals surface area contributed by atoms with Gasteiger partial charge in [-0.2, -0.15) is 5.06 Å². The van der Waals surface area contributed by atoms with Crippen LogP contribution in [0, 0.1) is 0 Å². The number of rotatable bonds is 0. The number of hydroxylamine groups is 2. The maximum atomic E-state index is 5.68. The fourth-order valence-corrected chi connectivity index (χ4v) is 1.70. The van der Waals surface area contributed by atoms with E-state index in [2.05, 4.69) is 9.98 Å². The lowest BCUT2D eigenvalue weighted by Gasteiger charge is -2.20. The molecule has 0 saturated carbocycles. The number of fused-ring (bicyclic) bond motifs is 1. The fraction of sp³-hybridized carbons (Fsp3) is 0.600. The van der Waals surface area contributed by atoms with E-state index < -0.39 is 13.4 Å². The molecule has 15 heavy (non-hydrogen) atoms. The van der Waals surface area contributed by atoms with Crippen LogP contribution in [0.5, 0.6) is 0 Å². The summed E-state index contributed by atoms with van der Waals surface area (Å²) in [6, 6.07) is 0. The summed E-state index contributed by atoms with van der Waals surface area (Å²) in [5, 5.41) is 1.15. The Morgan fingerprint density at radius 2 is 1.80 bits per heavy atom. The molecule has 0 N–H and O–H groups in total. The maximum Gasteiger partial charge on any atom is 0.335 e. The number of alkyl halides is 6. The van der Waals surface area contributed by atoms with Crippen LogP contribution in [0.15, 0.2) is 9.98 Å². The molecule has 0 amide bonds. The molecule has 0 aromatic rings. The van der Waals surface area contributed by atoms with Gasteiger partial charge in [0.05, 0.1) is 0 Å². The number of halogens is 6. The molecule has 0 bridgehead atoms. The molecule has 1 saturated heterocycles. The van der Waals surface area contributed by atoms with E-state index in [0.29, 0.717) is 0 Å². The summed E-state index contributed by atoms with van der Waals surface area (Å²) in [6.07, 6.45) is 1.23. The van der Waals surface area contributed by atoms with Gasteiger partial charge in [0.1, 0.15) is 6.34 Å². The molecule has 0 radical (unpaired) electrons. The molecule has 2 heterocycles. The second-order valence-corrected chi connectivity index (χ2v) is 7.26. The van der Waals surface area contributed by atoms with Crippen molar-refractivity contribution in [3.05, 3.63) is 0 Å². The second-order valence-electron chi connectivity index (χ2n) is 2.70. The molecular formula is C5HCl6N3O. The topological polar surface area (TPSA) is 40.3 Å². The van der Waals surface area contributed by atoms with E-state index in [1.165, 1.54) is 6.34 Å². The normalized spacial score (nSPS) is 30.0. The van der Waals surface area contributed by atoms with Crippen molar-refractivity contribution >= 4 is 81.8 Å². The van der Waals surface area contributed by atoms with E-state index >= 15 is 0 Å². The predicted molar refractivity (Wildman–Crippen MR) is 62.2 cm³/mol. The van der Waals surface area contributed by atoms with Gasteiger partial charge >= 0.3 is 5.85 Å². The van der Waals surface area contributed by atoms with E-state index in [0.717, 1.165) is 5.06 Å². The maximum absolute atomic E-state index is 5.68. The lowest BCUT2D eigenvalue weighted by molar-refractivity contribution is 0.257. The van der Waals surface area contributed by atoms with Gasteiger partial charge in [0.15, 0.2) is 5.84 Å². The zero-order valence-corrected chi connectivity index (χ0v) is 11.1. The summed E-state index contributed by atoms with van der Waals surface area (Å²) in [6.45, 7) is 0. The summed E-state index contributed by atoms with van der Waals surface area (Å²) in [7, 11) is 0. The van der Waals surface area contributed by atoms with E-state index in [1.54, 1.807) is 0 Å². The molecule has 2 aliphatic heterocycles. The average molecular weight is 332 g/mol. The first-order chi connectivity index (χ1) is 6.67. The molecule has 0 aromatic carbocycles. The number of hydrogen-bond donors (Lipinski definition) is 0. The van der Waals surface area contributed by atoms with Crippen molar-refractivity contribution in [3.8, 4) is 0 Å². The first-order valence-corrected chi connectivity index (χ1v) is 5.70. The Balaban J connectivity index is 2.36. The molecule has 2 rings (SSSR count). The smallest absolute Gasteiger partial charge is 0.217 e. The molecule has 0 aliphatic carbocycles. The molecule has 10 heteroatoms. The van der Waals surface area contributed by atoms with Gasteiger partial charge in [-0.1, -0.05) is 69.6 Å². The van der Waals surface area contributed by atoms with Crippen molar-refractivity contribution in [2.75, 3.05) is 0 Å². The van der Waals surface area contributed by atoms with Gasteiger partial charge in [-0.3, -0.25) is 0 Å². The first-order valence-electron chi connectivity index (χ1n) is 3.43. The molecule has 84 valence electrons. The zero-order chi connectivity index (χ0) is 11.5. The van der Waals surface area contributed by atoms with Gasteiger partial charge in [-0.05, 0) is 0 Å². The summed E-state index contributed by atoms with van der Waals surface area (Å²) in [4.78, 5) is 12.6. The highest BCUT2D eigenvalue weighted by molar-refractivity contribution is 6.77. The zero-order valence-electron chi connectivity index (χ0n) is 6.60. The summed E-state index contributed by atoms with van der Waals surface area (Å²) in [5.74, 6) is -1.58. The van der Waals surface area contributed by atoms with Crippen LogP contribution in [0.3, 0.4) is 0 Å². The van der Waals surface area contributed by atoms with Gasteiger partial charge in [-0.15, -0.1) is 0 Å². The minimum atomic E-state index is -1.80. The van der Waals surface area contributed by atoms with Crippen molar-refractivity contribution in [2.24, 2.45) is 9.98 Å². The lowest BCUT2D eigenvalue weighted by atomic mass is 10.5. The Kier molecular flexibility index (Phi) is 2.80. The fourth-order valence-electron chi connectivity index (χ4n) is 0.944. The molecule has 2 aliphatic rings. The third kappa shape index (κ3) is 2.02. The van der Waals surface area contributed by atoms with Crippen molar-refractivity contribution < 1.29 is 4.84 Å². The molecule has 0 aromatic heterocycles. The van der Waals surface area contributed by atoms with Gasteiger partial charge in [0.2, 0.25) is 3.79 Å². The summed E-state index contributed by atoms with van der Waals surface area (Å²) < 4.78 is -3.60. The number of amidine groups is 1. The van der Waals surface area contributed by atoms with Crippen LogP contribution in [-0.4, -0.2) is 30.7 Å². The molecule has 4 nitrogen and oxygen atoms in total. The van der Waals surface area contributed by atoms with E-state index in [9.17, 15) is 0 Å². The Bertz CT molecular complexity index is 357. The van der Waals surface area contributed by atoms with Crippen LogP contribution in [-0.2, 0) is 4.84 Å². The third-order valence-electron chi connectivity index (χ3n) is 1.66. The van der Waals surface area contributed by atoms with Crippen LogP contribution in [0.1, 0.15) is 0 Å². The standard InChI is InChI=1S/C5HCl6N3O/c6-3(7,8)2-12-1-14-5(13-2,15-14)4(9,10)11/h1H. The highest BCUT2D eigenvalue weighted by Crippen LogP contribution is 2.54. The lowest BCUT2D eigenvalue weighted by Crippen LogP contribution is -2.37. The van der Waals surface area contributed by atoms with Gasteiger partial charge in [0, 0.05) is 0 Å². The minimum Gasteiger partial charge on any atom is -0.217 e. The third-order valence-corrected chi connectivity index (χ3v) is 2.90. The van der Waals surface area contributed by atoms with Crippen molar-refractivity contribution in [3.63, 3.8) is 0 Å². The Morgan fingerprint density at radius 3 is 2.27 bits per heavy atom.